The zero-order valence-corrected chi connectivity index (χ0v) is 10.3. The fourth-order valence-electron chi connectivity index (χ4n) is 2.43. The maximum atomic E-state index is 12.2. The Morgan fingerprint density at radius 2 is 1.88 bits per heavy atom. The summed E-state index contributed by atoms with van der Waals surface area (Å²) in [6.45, 7) is 1.89. The van der Waals surface area contributed by atoms with Crippen molar-refractivity contribution >= 4 is 11.4 Å². The summed E-state index contributed by atoms with van der Waals surface area (Å²) >= 11 is 0. The summed E-state index contributed by atoms with van der Waals surface area (Å²) in [6.07, 6.45) is 2.22. The molecule has 0 atom stereocenters. The molecular formula is C14H16O3. The molecular weight excluding hydrogens is 216 g/mol. The van der Waals surface area contributed by atoms with Crippen molar-refractivity contribution in [3.05, 3.63) is 41.5 Å². The molecule has 0 aliphatic heterocycles. The number of Topliss-reactive ketones (excluding diaryl/α,β-unsaturated/α-hetero) is 1. The molecule has 17 heavy (non-hydrogen) atoms. The van der Waals surface area contributed by atoms with E-state index in [-0.39, 0.29) is 5.78 Å². The van der Waals surface area contributed by atoms with Crippen molar-refractivity contribution in [2.24, 2.45) is 0 Å². The molecule has 0 heterocycles. The first kappa shape index (κ1) is 12.0. The summed E-state index contributed by atoms with van der Waals surface area (Å²) < 4.78 is 10.7. The molecule has 0 fully saturated rings. The van der Waals surface area contributed by atoms with Gasteiger partial charge in [0.15, 0.2) is 0 Å². The van der Waals surface area contributed by atoms with Gasteiger partial charge in [-0.25, -0.2) is 0 Å². The molecule has 3 heteroatoms. The average molecular weight is 232 g/mol. The van der Waals surface area contributed by atoms with Gasteiger partial charge in [-0.1, -0.05) is 30.3 Å². The van der Waals surface area contributed by atoms with E-state index in [0.717, 1.165) is 16.7 Å². The predicted molar refractivity (Wildman–Crippen MR) is 65.6 cm³/mol. The number of carbonyl (C=O) groups excluding carboxylic acids is 1. The van der Waals surface area contributed by atoms with Gasteiger partial charge in [-0.3, -0.25) is 4.79 Å². The number of allylic oxidation sites excluding steroid dienone is 1. The Hall–Kier alpha value is -1.45. The molecule has 0 unspecified atom stereocenters. The smallest absolute Gasteiger partial charge is 0.256 e. The molecule has 0 amide bonds. The van der Waals surface area contributed by atoms with Gasteiger partial charge in [0.1, 0.15) is 0 Å². The highest BCUT2D eigenvalue weighted by Crippen LogP contribution is 2.38. The molecule has 1 aliphatic rings. The minimum atomic E-state index is -1.25. The van der Waals surface area contributed by atoms with Crippen molar-refractivity contribution in [2.75, 3.05) is 14.2 Å². The second kappa shape index (κ2) is 4.43. The van der Waals surface area contributed by atoms with E-state index in [4.69, 9.17) is 9.47 Å². The number of ether oxygens (including phenoxy) is 2. The van der Waals surface area contributed by atoms with Gasteiger partial charge < -0.3 is 9.47 Å². The van der Waals surface area contributed by atoms with Crippen molar-refractivity contribution in [3.8, 4) is 0 Å². The predicted octanol–water partition coefficient (Wildman–Crippen LogP) is 2.20. The fourth-order valence-corrected chi connectivity index (χ4v) is 2.43. The first-order valence-corrected chi connectivity index (χ1v) is 5.58. The maximum absolute atomic E-state index is 12.2. The zero-order valence-electron chi connectivity index (χ0n) is 10.3. The Kier molecular flexibility index (Phi) is 3.13. The minimum Gasteiger partial charge on any atom is -0.343 e. The summed E-state index contributed by atoms with van der Waals surface area (Å²) in [6, 6.07) is 7.84. The summed E-state index contributed by atoms with van der Waals surface area (Å²) in [4.78, 5) is 12.2. The largest absolute Gasteiger partial charge is 0.343 e. The lowest BCUT2D eigenvalue weighted by Crippen LogP contribution is -2.47. The number of benzene rings is 1. The van der Waals surface area contributed by atoms with Gasteiger partial charge >= 0.3 is 0 Å². The second-order valence-electron chi connectivity index (χ2n) is 3.98. The van der Waals surface area contributed by atoms with Gasteiger partial charge in [0, 0.05) is 26.2 Å². The molecule has 1 aliphatic carbocycles. The van der Waals surface area contributed by atoms with Crippen LogP contribution in [-0.2, 0) is 20.7 Å². The normalized spacial score (nSPS) is 20.4. The topological polar surface area (TPSA) is 35.5 Å². The van der Waals surface area contributed by atoms with E-state index in [0.29, 0.717) is 6.42 Å². The van der Waals surface area contributed by atoms with Gasteiger partial charge in [-0.2, -0.15) is 0 Å². The number of hydrogen-bond acceptors (Lipinski definition) is 3. The van der Waals surface area contributed by atoms with Crippen LogP contribution >= 0.6 is 0 Å². The lowest BCUT2D eigenvalue weighted by Gasteiger charge is -2.36. The van der Waals surface area contributed by atoms with Gasteiger partial charge in [0.2, 0.25) is 5.78 Å². The highest BCUT2D eigenvalue weighted by molar-refractivity contribution is 6.04. The van der Waals surface area contributed by atoms with Crippen LogP contribution in [0.3, 0.4) is 0 Å². The fraction of sp³-hybridized carbons (Fsp3) is 0.357. The van der Waals surface area contributed by atoms with Crippen LogP contribution in [-0.4, -0.2) is 25.8 Å². The lowest BCUT2D eigenvalue weighted by atomic mass is 9.81. The van der Waals surface area contributed by atoms with Crippen molar-refractivity contribution < 1.29 is 14.3 Å². The number of carbonyl (C=O) groups is 1. The number of fused-ring (bicyclic) bond motifs is 1. The molecule has 1 aromatic carbocycles. The van der Waals surface area contributed by atoms with Crippen LogP contribution in [0.25, 0.3) is 5.57 Å². The van der Waals surface area contributed by atoms with E-state index in [2.05, 4.69) is 0 Å². The average Bonchev–Trinajstić information content (AvgIpc) is 2.37. The first-order valence-electron chi connectivity index (χ1n) is 5.58. The monoisotopic (exact) mass is 232 g/mol. The van der Waals surface area contributed by atoms with Crippen LogP contribution in [0.5, 0.6) is 0 Å². The lowest BCUT2D eigenvalue weighted by molar-refractivity contribution is -0.181. The van der Waals surface area contributed by atoms with Crippen LogP contribution in [0, 0.1) is 0 Å². The Morgan fingerprint density at radius 3 is 2.47 bits per heavy atom. The SMILES string of the molecule is C/C=C1\c2ccccc2CC(=O)C1(OC)OC. The number of hydrogen-bond donors (Lipinski definition) is 0. The Morgan fingerprint density at radius 1 is 1.24 bits per heavy atom. The quantitative estimate of drug-likeness (QED) is 0.733. The summed E-state index contributed by atoms with van der Waals surface area (Å²) in [7, 11) is 3.00. The number of methoxy groups -OCH3 is 2. The molecule has 0 saturated carbocycles. The second-order valence-corrected chi connectivity index (χ2v) is 3.98. The summed E-state index contributed by atoms with van der Waals surface area (Å²) in [5.74, 6) is -1.31. The van der Waals surface area contributed by atoms with Crippen LogP contribution in [0.1, 0.15) is 18.1 Å². The molecule has 0 aromatic heterocycles. The highest BCUT2D eigenvalue weighted by Gasteiger charge is 2.46. The zero-order chi connectivity index (χ0) is 12.5. The van der Waals surface area contributed by atoms with E-state index < -0.39 is 5.79 Å². The van der Waals surface area contributed by atoms with Crippen LogP contribution in [0.15, 0.2) is 30.3 Å². The van der Waals surface area contributed by atoms with Crippen LogP contribution in [0.4, 0.5) is 0 Å². The third-order valence-electron chi connectivity index (χ3n) is 3.24. The molecule has 0 bridgehead atoms. The van der Waals surface area contributed by atoms with Crippen molar-refractivity contribution in [1.29, 1.82) is 0 Å². The Labute approximate surface area is 101 Å². The van der Waals surface area contributed by atoms with E-state index in [1.54, 1.807) is 0 Å². The first-order chi connectivity index (χ1) is 8.19. The Bertz CT molecular complexity index is 470. The van der Waals surface area contributed by atoms with Gasteiger partial charge in [0.25, 0.3) is 5.79 Å². The Balaban J connectivity index is 2.65. The summed E-state index contributed by atoms with van der Waals surface area (Å²) in [5, 5.41) is 0. The van der Waals surface area contributed by atoms with Crippen molar-refractivity contribution in [2.45, 2.75) is 19.1 Å². The minimum absolute atomic E-state index is 0.0608. The molecule has 90 valence electrons. The maximum Gasteiger partial charge on any atom is 0.256 e. The number of rotatable bonds is 2. The molecule has 1 aromatic rings. The van der Waals surface area contributed by atoms with Crippen molar-refractivity contribution in [1.82, 2.24) is 0 Å². The van der Waals surface area contributed by atoms with Gasteiger partial charge in [0.05, 0.1) is 0 Å². The molecule has 2 rings (SSSR count). The molecule has 0 N–H and O–H groups in total. The van der Waals surface area contributed by atoms with Crippen molar-refractivity contribution in [3.63, 3.8) is 0 Å². The number of ketones is 1. The van der Waals surface area contributed by atoms with E-state index in [9.17, 15) is 4.79 Å². The molecule has 0 radical (unpaired) electrons. The molecule has 0 spiro atoms. The van der Waals surface area contributed by atoms with E-state index >= 15 is 0 Å². The van der Waals surface area contributed by atoms with Gasteiger partial charge in [-0.05, 0) is 18.1 Å². The third-order valence-corrected chi connectivity index (χ3v) is 3.24. The van der Waals surface area contributed by atoms with E-state index in [1.165, 1.54) is 14.2 Å². The summed E-state index contributed by atoms with van der Waals surface area (Å²) in [5.41, 5.74) is 2.84. The van der Waals surface area contributed by atoms with Crippen LogP contribution < -0.4 is 0 Å². The third kappa shape index (κ3) is 1.63. The van der Waals surface area contributed by atoms with Crippen LogP contribution in [0.2, 0.25) is 0 Å². The standard InChI is InChI=1S/C14H16O3/c1-4-12-11-8-6-5-7-10(11)9-13(15)14(12,16-2)17-3/h4-8H,9H2,1-3H3/b12-4+. The van der Waals surface area contributed by atoms with Gasteiger partial charge in [-0.15, -0.1) is 0 Å². The molecule has 3 nitrogen and oxygen atoms in total. The molecule has 0 saturated heterocycles. The highest BCUT2D eigenvalue weighted by atomic mass is 16.7. The van der Waals surface area contributed by atoms with E-state index in [1.807, 2.05) is 37.3 Å².